The average Bonchev–Trinajstić information content (AvgIpc) is 2.21. The van der Waals surface area contributed by atoms with E-state index in [0.717, 1.165) is 0 Å². The molecule has 4 heteroatoms. The number of nitrogen functional groups attached to an aromatic ring is 1. The van der Waals surface area contributed by atoms with E-state index < -0.39 is 0 Å². The topological polar surface area (TPSA) is 71.9 Å². The van der Waals surface area contributed by atoms with E-state index in [9.17, 15) is 0 Å². The van der Waals surface area contributed by atoms with Crippen molar-refractivity contribution in [1.82, 2.24) is 4.98 Å². The van der Waals surface area contributed by atoms with Crippen molar-refractivity contribution in [3.05, 3.63) is 18.3 Å². The van der Waals surface area contributed by atoms with Crippen LogP contribution in [-0.2, 0) is 0 Å². The number of rotatable bonds is 4. The Morgan fingerprint density at radius 3 is 2.93 bits per heavy atom. The van der Waals surface area contributed by atoms with E-state index in [0.29, 0.717) is 24.6 Å². The van der Waals surface area contributed by atoms with Crippen molar-refractivity contribution in [2.75, 3.05) is 12.3 Å². The molecule has 0 bridgehead atoms. The minimum absolute atomic E-state index is 0.364. The molecule has 0 amide bonds. The normalized spacial score (nSPS) is 10.7. The minimum atomic E-state index is -0.364. The van der Waals surface area contributed by atoms with E-state index in [4.69, 9.17) is 15.7 Å². The molecule has 0 saturated heterocycles. The molecule has 2 N–H and O–H groups in total. The molecule has 1 rings (SSSR count). The van der Waals surface area contributed by atoms with Gasteiger partial charge in [-0.05, 0) is 32.4 Å². The Kier molecular flexibility index (Phi) is 3.51. The third kappa shape index (κ3) is 3.47. The lowest BCUT2D eigenvalue weighted by atomic mass is 9.92. The number of aromatic nitrogens is 1. The molecule has 0 fully saturated rings. The SMILES string of the molecule is CC(C)(C#N)CCOc1cccnc1N. The summed E-state index contributed by atoms with van der Waals surface area (Å²) in [4.78, 5) is 3.90. The van der Waals surface area contributed by atoms with Gasteiger partial charge in [-0.3, -0.25) is 0 Å². The van der Waals surface area contributed by atoms with Crippen molar-refractivity contribution in [3.63, 3.8) is 0 Å². The minimum Gasteiger partial charge on any atom is -0.490 e. The maximum absolute atomic E-state index is 8.80. The van der Waals surface area contributed by atoms with Crippen LogP contribution >= 0.6 is 0 Å². The van der Waals surface area contributed by atoms with Crippen LogP contribution in [0.5, 0.6) is 5.75 Å². The number of hydrogen-bond donors (Lipinski definition) is 1. The van der Waals surface area contributed by atoms with E-state index >= 15 is 0 Å². The molecule has 0 unspecified atom stereocenters. The summed E-state index contributed by atoms with van der Waals surface area (Å²) in [6, 6.07) is 5.75. The van der Waals surface area contributed by atoms with Crippen LogP contribution in [0.3, 0.4) is 0 Å². The van der Waals surface area contributed by atoms with Crippen molar-refractivity contribution in [2.24, 2.45) is 5.41 Å². The molecule has 1 aromatic heterocycles. The third-order valence-electron chi connectivity index (χ3n) is 2.09. The highest BCUT2D eigenvalue weighted by Crippen LogP contribution is 2.21. The lowest BCUT2D eigenvalue weighted by Crippen LogP contribution is -2.13. The summed E-state index contributed by atoms with van der Waals surface area (Å²) in [6.07, 6.45) is 2.28. The maximum atomic E-state index is 8.80. The monoisotopic (exact) mass is 205 g/mol. The molecule has 0 aromatic carbocycles. The van der Waals surface area contributed by atoms with Gasteiger partial charge in [-0.1, -0.05) is 0 Å². The number of nitrogens with two attached hydrogens (primary N) is 1. The van der Waals surface area contributed by atoms with Gasteiger partial charge in [-0.25, -0.2) is 4.98 Å². The number of anilines is 1. The first-order chi connectivity index (χ1) is 7.05. The zero-order valence-corrected chi connectivity index (χ0v) is 9.03. The zero-order valence-electron chi connectivity index (χ0n) is 9.03. The summed E-state index contributed by atoms with van der Waals surface area (Å²) < 4.78 is 5.44. The van der Waals surface area contributed by atoms with Crippen LogP contribution in [0, 0.1) is 16.7 Å². The molecule has 0 saturated carbocycles. The van der Waals surface area contributed by atoms with E-state index in [1.165, 1.54) is 0 Å². The maximum Gasteiger partial charge on any atom is 0.166 e. The Labute approximate surface area is 89.7 Å². The van der Waals surface area contributed by atoms with Crippen molar-refractivity contribution in [1.29, 1.82) is 5.26 Å². The van der Waals surface area contributed by atoms with Gasteiger partial charge in [0.25, 0.3) is 0 Å². The lowest BCUT2D eigenvalue weighted by molar-refractivity contribution is 0.265. The number of hydrogen-bond acceptors (Lipinski definition) is 4. The molecule has 0 aliphatic heterocycles. The van der Waals surface area contributed by atoms with Gasteiger partial charge in [-0.2, -0.15) is 5.26 Å². The van der Waals surface area contributed by atoms with Crippen molar-refractivity contribution in [3.8, 4) is 11.8 Å². The van der Waals surface area contributed by atoms with Crippen LogP contribution in [0.25, 0.3) is 0 Å². The Balaban J connectivity index is 2.46. The second kappa shape index (κ2) is 4.65. The van der Waals surface area contributed by atoms with Crippen LogP contribution in [0.4, 0.5) is 5.82 Å². The van der Waals surface area contributed by atoms with Crippen LogP contribution in [0.2, 0.25) is 0 Å². The summed E-state index contributed by atoms with van der Waals surface area (Å²) in [5.41, 5.74) is 5.24. The number of pyridine rings is 1. The number of nitrogens with zero attached hydrogens (tertiary/aromatic N) is 2. The highest BCUT2D eigenvalue weighted by Gasteiger charge is 2.16. The van der Waals surface area contributed by atoms with Gasteiger partial charge in [0.2, 0.25) is 0 Å². The average molecular weight is 205 g/mol. The van der Waals surface area contributed by atoms with E-state index in [-0.39, 0.29) is 5.41 Å². The van der Waals surface area contributed by atoms with Crippen LogP contribution in [-0.4, -0.2) is 11.6 Å². The Morgan fingerprint density at radius 1 is 1.60 bits per heavy atom. The van der Waals surface area contributed by atoms with Gasteiger partial charge >= 0.3 is 0 Å². The first kappa shape index (κ1) is 11.3. The Morgan fingerprint density at radius 2 is 2.33 bits per heavy atom. The smallest absolute Gasteiger partial charge is 0.166 e. The van der Waals surface area contributed by atoms with Crippen LogP contribution < -0.4 is 10.5 Å². The standard InChI is InChI=1S/C11H15N3O/c1-11(2,8-12)5-7-15-9-4-3-6-14-10(9)13/h3-4,6H,5,7H2,1-2H3,(H2,13,14). The molecule has 0 aliphatic rings. The molecule has 0 aliphatic carbocycles. The molecule has 0 atom stereocenters. The van der Waals surface area contributed by atoms with Crippen LogP contribution in [0.1, 0.15) is 20.3 Å². The highest BCUT2D eigenvalue weighted by atomic mass is 16.5. The molecule has 15 heavy (non-hydrogen) atoms. The molecular formula is C11H15N3O. The summed E-state index contributed by atoms with van der Waals surface area (Å²) in [6.45, 7) is 4.22. The predicted molar refractivity (Wildman–Crippen MR) is 58.2 cm³/mol. The lowest BCUT2D eigenvalue weighted by Gasteiger charge is -2.15. The molecule has 1 aromatic rings. The van der Waals surface area contributed by atoms with Crippen molar-refractivity contribution in [2.45, 2.75) is 20.3 Å². The van der Waals surface area contributed by atoms with E-state index in [1.807, 2.05) is 13.8 Å². The first-order valence-electron chi connectivity index (χ1n) is 4.80. The zero-order chi connectivity index (χ0) is 11.3. The molecule has 0 radical (unpaired) electrons. The summed E-state index contributed by atoms with van der Waals surface area (Å²) in [5, 5.41) is 8.80. The van der Waals surface area contributed by atoms with E-state index in [2.05, 4.69) is 11.1 Å². The van der Waals surface area contributed by atoms with Gasteiger partial charge < -0.3 is 10.5 Å². The van der Waals surface area contributed by atoms with Gasteiger partial charge in [-0.15, -0.1) is 0 Å². The van der Waals surface area contributed by atoms with Gasteiger partial charge in [0.1, 0.15) is 0 Å². The third-order valence-corrected chi connectivity index (χ3v) is 2.09. The second-order valence-corrected chi connectivity index (χ2v) is 3.98. The van der Waals surface area contributed by atoms with Crippen LogP contribution in [0.15, 0.2) is 18.3 Å². The fraction of sp³-hybridized carbons (Fsp3) is 0.455. The summed E-state index contributed by atoms with van der Waals surface area (Å²) in [7, 11) is 0. The van der Waals surface area contributed by atoms with Gasteiger partial charge in [0.05, 0.1) is 18.1 Å². The molecule has 4 nitrogen and oxygen atoms in total. The van der Waals surface area contributed by atoms with E-state index in [1.54, 1.807) is 18.3 Å². The van der Waals surface area contributed by atoms with Gasteiger partial charge in [0.15, 0.2) is 11.6 Å². The molecule has 1 heterocycles. The Hall–Kier alpha value is -1.76. The number of ether oxygens (including phenoxy) is 1. The molecule has 80 valence electrons. The van der Waals surface area contributed by atoms with Crippen molar-refractivity contribution < 1.29 is 4.74 Å². The summed E-state index contributed by atoms with van der Waals surface area (Å²) in [5.74, 6) is 0.957. The van der Waals surface area contributed by atoms with Crippen molar-refractivity contribution >= 4 is 5.82 Å². The fourth-order valence-corrected chi connectivity index (χ4v) is 0.997. The summed E-state index contributed by atoms with van der Waals surface area (Å²) >= 11 is 0. The largest absolute Gasteiger partial charge is 0.490 e. The Bertz CT molecular complexity index is 368. The number of nitriles is 1. The fourth-order valence-electron chi connectivity index (χ4n) is 0.997. The quantitative estimate of drug-likeness (QED) is 0.815. The first-order valence-corrected chi connectivity index (χ1v) is 4.80. The highest BCUT2D eigenvalue weighted by molar-refractivity contribution is 5.44. The van der Waals surface area contributed by atoms with Gasteiger partial charge in [0, 0.05) is 6.20 Å². The second-order valence-electron chi connectivity index (χ2n) is 3.98. The molecular weight excluding hydrogens is 190 g/mol. The predicted octanol–water partition coefficient (Wildman–Crippen LogP) is 1.98. The molecule has 0 spiro atoms.